The number of aryl methyl sites for hydroxylation is 2. The SMILES string of the molecule is CCOC(=O)c1c(C)[nH]c(C)c1C(=O)[C@H]1O[C@@H]1c1ccc(Br)cc1. The summed E-state index contributed by atoms with van der Waals surface area (Å²) in [5, 5.41) is 0. The number of hydrogen-bond donors (Lipinski definition) is 1. The van der Waals surface area contributed by atoms with E-state index in [1.165, 1.54) is 0 Å². The van der Waals surface area contributed by atoms with Crippen molar-refractivity contribution < 1.29 is 19.1 Å². The normalized spacial score (nSPS) is 19.2. The molecule has 1 fully saturated rings. The van der Waals surface area contributed by atoms with Gasteiger partial charge in [-0.2, -0.15) is 0 Å². The summed E-state index contributed by atoms with van der Waals surface area (Å²) in [4.78, 5) is 28.1. The Kier molecular flexibility index (Phi) is 4.60. The summed E-state index contributed by atoms with van der Waals surface area (Å²) in [6.07, 6.45) is -0.830. The van der Waals surface area contributed by atoms with Gasteiger partial charge >= 0.3 is 5.97 Å². The molecule has 1 aliphatic heterocycles. The van der Waals surface area contributed by atoms with E-state index >= 15 is 0 Å². The van der Waals surface area contributed by atoms with Crippen molar-refractivity contribution in [3.05, 3.63) is 56.8 Å². The molecule has 1 saturated heterocycles. The predicted octanol–water partition coefficient (Wildman–Crippen LogP) is 3.89. The lowest BCUT2D eigenvalue weighted by molar-refractivity contribution is 0.0522. The number of rotatable bonds is 5. The van der Waals surface area contributed by atoms with Crippen LogP contribution in [0, 0.1) is 13.8 Å². The lowest BCUT2D eigenvalue weighted by atomic mass is 9.99. The molecule has 3 rings (SSSR count). The van der Waals surface area contributed by atoms with Gasteiger partial charge < -0.3 is 14.5 Å². The molecule has 24 heavy (non-hydrogen) atoms. The third-order valence-corrected chi connectivity index (χ3v) is 4.58. The molecule has 0 aliphatic carbocycles. The highest BCUT2D eigenvalue weighted by atomic mass is 79.9. The average molecular weight is 392 g/mol. The number of nitrogens with one attached hydrogen (secondary N) is 1. The number of esters is 1. The van der Waals surface area contributed by atoms with Crippen LogP contribution in [0.15, 0.2) is 28.7 Å². The molecule has 2 atom stereocenters. The zero-order chi connectivity index (χ0) is 17.4. The second-order valence-corrected chi connectivity index (χ2v) is 6.65. The fraction of sp³-hybridized carbons (Fsp3) is 0.333. The molecular formula is C18H18BrNO4. The number of benzene rings is 1. The first-order chi connectivity index (χ1) is 11.4. The smallest absolute Gasteiger partial charge is 0.340 e. The van der Waals surface area contributed by atoms with E-state index < -0.39 is 12.1 Å². The summed E-state index contributed by atoms with van der Waals surface area (Å²) >= 11 is 3.38. The van der Waals surface area contributed by atoms with Crippen LogP contribution in [0.2, 0.25) is 0 Å². The minimum absolute atomic E-state index is 0.187. The number of ether oxygens (including phenoxy) is 2. The fourth-order valence-electron chi connectivity index (χ4n) is 2.91. The lowest BCUT2D eigenvalue weighted by Crippen LogP contribution is -2.15. The van der Waals surface area contributed by atoms with Gasteiger partial charge in [0.25, 0.3) is 0 Å². The van der Waals surface area contributed by atoms with Gasteiger partial charge in [-0.3, -0.25) is 4.79 Å². The molecule has 1 aliphatic rings. The van der Waals surface area contributed by atoms with Crippen molar-refractivity contribution in [3.8, 4) is 0 Å². The standard InChI is InChI=1S/C18H18BrNO4/c1-4-23-18(22)14-10(3)20-9(2)13(14)15(21)17-16(24-17)11-5-7-12(19)8-6-11/h5-8,16-17,20H,4H2,1-3H3/t16-,17-/m1/s1. The molecule has 0 unspecified atom stereocenters. The summed E-state index contributed by atoms with van der Waals surface area (Å²) in [6.45, 7) is 5.54. The summed E-state index contributed by atoms with van der Waals surface area (Å²) in [7, 11) is 0. The Hall–Kier alpha value is -1.92. The number of H-pyrrole nitrogens is 1. The predicted molar refractivity (Wildman–Crippen MR) is 92.3 cm³/mol. The highest BCUT2D eigenvalue weighted by molar-refractivity contribution is 9.10. The monoisotopic (exact) mass is 391 g/mol. The third kappa shape index (κ3) is 3.03. The van der Waals surface area contributed by atoms with Gasteiger partial charge in [0.15, 0.2) is 11.9 Å². The van der Waals surface area contributed by atoms with Gasteiger partial charge in [-0.15, -0.1) is 0 Å². The third-order valence-electron chi connectivity index (χ3n) is 4.05. The molecule has 6 heteroatoms. The topological polar surface area (TPSA) is 71.7 Å². The van der Waals surface area contributed by atoms with E-state index in [2.05, 4.69) is 20.9 Å². The summed E-state index contributed by atoms with van der Waals surface area (Å²) < 4.78 is 11.6. The van der Waals surface area contributed by atoms with Crippen LogP contribution in [0.3, 0.4) is 0 Å². The molecule has 0 spiro atoms. The summed E-state index contributed by atoms with van der Waals surface area (Å²) in [5.74, 6) is -0.670. The van der Waals surface area contributed by atoms with Crippen LogP contribution in [0.25, 0.3) is 0 Å². The maximum atomic E-state index is 12.9. The van der Waals surface area contributed by atoms with Crippen molar-refractivity contribution in [2.75, 3.05) is 6.61 Å². The van der Waals surface area contributed by atoms with Gasteiger partial charge in [-0.1, -0.05) is 28.1 Å². The molecule has 1 aromatic carbocycles. The fourth-order valence-corrected chi connectivity index (χ4v) is 3.17. The van der Waals surface area contributed by atoms with Crippen LogP contribution >= 0.6 is 15.9 Å². The van der Waals surface area contributed by atoms with E-state index in [1.807, 2.05) is 24.3 Å². The zero-order valence-electron chi connectivity index (χ0n) is 13.7. The molecule has 0 amide bonds. The van der Waals surface area contributed by atoms with Crippen molar-refractivity contribution in [2.24, 2.45) is 0 Å². The van der Waals surface area contributed by atoms with E-state index in [1.54, 1.807) is 20.8 Å². The van der Waals surface area contributed by atoms with Crippen LogP contribution in [-0.2, 0) is 9.47 Å². The van der Waals surface area contributed by atoms with Crippen molar-refractivity contribution in [3.63, 3.8) is 0 Å². The van der Waals surface area contributed by atoms with Crippen molar-refractivity contribution in [1.82, 2.24) is 4.98 Å². The minimum Gasteiger partial charge on any atom is -0.462 e. The molecule has 0 bridgehead atoms. The van der Waals surface area contributed by atoms with Gasteiger partial charge in [0.1, 0.15) is 6.10 Å². The Morgan fingerprint density at radius 2 is 1.79 bits per heavy atom. The summed E-state index contributed by atoms with van der Waals surface area (Å²) in [6, 6.07) is 7.66. The number of carbonyl (C=O) groups is 2. The van der Waals surface area contributed by atoms with Crippen molar-refractivity contribution in [1.29, 1.82) is 0 Å². The molecular weight excluding hydrogens is 374 g/mol. The number of Topliss-reactive ketones (excluding diaryl/α,β-unsaturated/α-hetero) is 1. The van der Waals surface area contributed by atoms with E-state index in [0.717, 1.165) is 10.0 Å². The molecule has 2 heterocycles. The number of aromatic nitrogens is 1. The van der Waals surface area contributed by atoms with Gasteiger partial charge in [-0.25, -0.2) is 4.79 Å². The van der Waals surface area contributed by atoms with Crippen molar-refractivity contribution in [2.45, 2.75) is 33.0 Å². The Balaban J connectivity index is 1.86. The van der Waals surface area contributed by atoms with Gasteiger partial charge in [0, 0.05) is 15.9 Å². The zero-order valence-corrected chi connectivity index (χ0v) is 15.3. The second-order valence-electron chi connectivity index (χ2n) is 5.74. The van der Waals surface area contributed by atoms with E-state index in [0.29, 0.717) is 22.5 Å². The number of ketones is 1. The minimum atomic E-state index is -0.562. The first-order valence-electron chi connectivity index (χ1n) is 7.75. The second kappa shape index (κ2) is 6.53. The number of epoxide rings is 1. The number of carbonyl (C=O) groups excluding carboxylic acids is 2. The Morgan fingerprint density at radius 3 is 2.42 bits per heavy atom. The van der Waals surface area contributed by atoms with Crippen LogP contribution in [0.5, 0.6) is 0 Å². The molecule has 2 aromatic rings. The summed E-state index contributed by atoms with van der Waals surface area (Å²) in [5.41, 5.74) is 2.92. The van der Waals surface area contributed by atoms with Gasteiger partial charge in [0.2, 0.25) is 0 Å². The number of aromatic amines is 1. The molecule has 0 radical (unpaired) electrons. The highest BCUT2D eigenvalue weighted by Crippen LogP contribution is 2.42. The van der Waals surface area contributed by atoms with E-state index in [-0.39, 0.29) is 18.5 Å². The number of halogens is 1. The van der Waals surface area contributed by atoms with E-state index in [9.17, 15) is 9.59 Å². The van der Waals surface area contributed by atoms with Crippen LogP contribution in [-0.4, -0.2) is 29.4 Å². The van der Waals surface area contributed by atoms with Crippen LogP contribution in [0.4, 0.5) is 0 Å². The first kappa shape index (κ1) is 16.9. The maximum absolute atomic E-state index is 12.9. The van der Waals surface area contributed by atoms with Crippen molar-refractivity contribution >= 4 is 27.7 Å². The molecule has 1 aromatic heterocycles. The maximum Gasteiger partial charge on any atom is 0.340 e. The Bertz CT molecular complexity index is 794. The lowest BCUT2D eigenvalue weighted by Gasteiger charge is -2.04. The molecule has 126 valence electrons. The average Bonchev–Trinajstić information content (AvgIpc) is 3.27. The molecule has 1 N–H and O–H groups in total. The van der Waals surface area contributed by atoms with Gasteiger partial charge in [0.05, 0.1) is 17.7 Å². The largest absolute Gasteiger partial charge is 0.462 e. The quantitative estimate of drug-likeness (QED) is 0.476. The Morgan fingerprint density at radius 1 is 1.17 bits per heavy atom. The highest BCUT2D eigenvalue weighted by Gasteiger charge is 2.48. The van der Waals surface area contributed by atoms with Crippen LogP contribution < -0.4 is 0 Å². The van der Waals surface area contributed by atoms with Gasteiger partial charge in [-0.05, 0) is 38.5 Å². The first-order valence-corrected chi connectivity index (χ1v) is 8.54. The van der Waals surface area contributed by atoms with E-state index in [4.69, 9.17) is 9.47 Å². The number of hydrogen-bond acceptors (Lipinski definition) is 4. The molecule has 5 nitrogen and oxygen atoms in total. The Labute approximate surface area is 148 Å². The van der Waals surface area contributed by atoms with Crippen LogP contribution in [0.1, 0.15) is 50.7 Å². The molecule has 0 saturated carbocycles.